The summed E-state index contributed by atoms with van der Waals surface area (Å²) in [5.74, 6) is -1.05. The third-order valence-electron chi connectivity index (χ3n) is 5.25. The molecule has 4 rings (SSSR count). The van der Waals surface area contributed by atoms with Crippen molar-refractivity contribution in [2.75, 3.05) is 6.61 Å². The topological polar surface area (TPSA) is 78.3 Å². The van der Waals surface area contributed by atoms with Crippen molar-refractivity contribution in [2.24, 2.45) is 0 Å². The summed E-state index contributed by atoms with van der Waals surface area (Å²) in [4.78, 5) is 38.2. The van der Waals surface area contributed by atoms with Gasteiger partial charge in [0.2, 0.25) is 0 Å². The van der Waals surface area contributed by atoms with E-state index in [2.05, 4.69) is 5.10 Å². The van der Waals surface area contributed by atoms with Crippen LogP contribution in [0.1, 0.15) is 38.9 Å². The number of ether oxygens (including phenoxy) is 1. The zero-order valence-electron chi connectivity index (χ0n) is 17.7. The average molecular weight is 426 g/mol. The predicted molar refractivity (Wildman–Crippen MR) is 122 cm³/mol. The Morgan fingerprint density at radius 2 is 1.50 bits per heavy atom. The highest BCUT2D eigenvalue weighted by atomic mass is 16.5. The van der Waals surface area contributed by atoms with E-state index in [-0.39, 0.29) is 23.6 Å². The summed E-state index contributed by atoms with van der Waals surface area (Å²) in [6.45, 7) is 1.85. The number of carbonyl (C=O) groups excluding carboxylic acids is 2. The monoisotopic (exact) mass is 426 g/mol. The molecule has 0 amide bonds. The molecule has 1 aromatic heterocycles. The van der Waals surface area contributed by atoms with Crippen LogP contribution in [0, 0.1) is 0 Å². The normalized spacial score (nSPS) is 10.8. The van der Waals surface area contributed by atoms with E-state index in [0.717, 1.165) is 17.5 Å². The van der Waals surface area contributed by atoms with Crippen molar-refractivity contribution in [1.29, 1.82) is 0 Å². The fraction of sp³-hybridized carbons (Fsp3) is 0.154. The maximum atomic E-state index is 12.9. The number of aryl methyl sites for hydroxylation is 1. The Morgan fingerprint density at radius 1 is 0.844 bits per heavy atom. The summed E-state index contributed by atoms with van der Waals surface area (Å²) in [5, 5.41) is 5.05. The largest absolute Gasteiger partial charge is 0.452 e. The first-order valence-electron chi connectivity index (χ1n) is 10.4. The number of fused-ring (bicyclic) bond motifs is 1. The van der Waals surface area contributed by atoms with Gasteiger partial charge in [0.05, 0.1) is 11.9 Å². The molecule has 3 aromatic carbocycles. The predicted octanol–water partition coefficient (Wildman–Crippen LogP) is 4.05. The van der Waals surface area contributed by atoms with Crippen LogP contribution in [-0.2, 0) is 17.7 Å². The minimum Gasteiger partial charge on any atom is -0.452 e. The molecule has 0 unspecified atom stereocenters. The van der Waals surface area contributed by atoms with Crippen LogP contribution < -0.4 is 5.56 Å². The smallest absolute Gasteiger partial charge is 0.359 e. The molecule has 0 bridgehead atoms. The second kappa shape index (κ2) is 9.39. The molecule has 1 heterocycles. The van der Waals surface area contributed by atoms with Gasteiger partial charge in [-0.25, -0.2) is 9.48 Å². The second-order valence-corrected chi connectivity index (χ2v) is 7.39. The lowest BCUT2D eigenvalue weighted by Crippen LogP contribution is -2.27. The van der Waals surface area contributed by atoms with Crippen LogP contribution in [0.25, 0.3) is 10.8 Å². The van der Waals surface area contributed by atoms with Gasteiger partial charge in [0.15, 0.2) is 18.1 Å². The van der Waals surface area contributed by atoms with E-state index in [1.807, 2.05) is 49.4 Å². The Kier molecular flexibility index (Phi) is 6.22. The molecule has 0 saturated heterocycles. The van der Waals surface area contributed by atoms with Crippen LogP contribution in [0.3, 0.4) is 0 Å². The van der Waals surface area contributed by atoms with Crippen LogP contribution in [0.4, 0.5) is 0 Å². The first-order valence-corrected chi connectivity index (χ1v) is 10.4. The molecule has 0 radical (unpaired) electrons. The Bertz CT molecular complexity index is 1330. The van der Waals surface area contributed by atoms with Gasteiger partial charge >= 0.3 is 5.97 Å². The van der Waals surface area contributed by atoms with Gasteiger partial charge in [0.25, 0.3) is 5.56 Å². The van der Waals surface area contributed by atoms with Gasteiger partial charge in [0.1, 0.15) is 0 Å². The number of rotatable bonds is 7. The van der Waals surface area contributed by atoms with Gasteiger partial charge in [-0.15, -0.1) is 0 Å². The van der Waals surface area contributed by atoms with Crippen LogP contribution in [-0.4, -0.2) is 28.1 Å². The highest BCUT2D eigenvalue weighted by Gasteiger charge is 2.19. The van der Waals surface area contributed by atoms with Crippen LogP contribution in [0.15, 0.2) is 83.7 Å². The number of carbonyl (C=O) groups is 2. The number of Topliss-reactive ketones (excluding diaryl/α,β-unsaturated/α-hetero) is 1. The maximum Gasteiger partial charge on any atom is 0.359 e. The van der Waals surface area contributed by atoms with E-state index in [9.17, 15) is 14.4 Å². The molecule has 32 heavy (non-hydrogen) atoms. The lowest BCUT2D eigenvalue weighted by atomic mass is 10.1. The minimum absolute atomic E-state index is 0.00487. The summed E-state index contributed by atoms with van der Waals surface area (Å²) in [6.07, 6.45) is 0.876. The number of hydrogen-bond donors (Lipinski definition) is 0. The van der Waals surface area contributed by atoms with Crippen molar-refractivity contribution in [2.45, 2.75) is 19.9 Å². The quantitative estimate of drug-likeness (QED) is 0.329. The lowest BCUT2D eigenvalue weighted by molar-refractivity contribution is 0.0468. The van der Waals surface area contributed by atoms with Crippen molar-refractivity contribution < 1.29 is 14.3 Å². The lowest BCUT2D eigenvalue weighted by Gasteiger charge is -2.11. The van der Waals surface area contributed by atoms with Crippen LogP contribution >= 0.6 is 0 Å². The number of hydrogen-bond acceptors (Lipinski definition) is 5. The van der Waals surface area contributed by atoms with E-state index in [0.29, 0.717) is 16.3 Å². The summed E-state index contributed by atoms with van der Waals surface area (Å²) >= 11 is 0. The van der Waals surface area contributed by atoms with E-state index in [1.54, 1.807) is 36.4 Å². The van der Waals surface area contributed by atoms with E-state index in [1.165, 1.54) is 4.68 Å². The molecule has 0 spiro atoms. The van der Waals surface area contributed by atoms with Gasteiger partial charge in [-0.1, -0.05) is 79.7 Å². The molecule has 6 nitrogen and oxygen atoms in total. The first-order chi connectivity index (χ1) is 15.6. The first kappa shape index (κ1) is 21.2. The Morgan fingerprint density at radius 3 is 2.19 bits per heavy atom. The van der Waals surface area contributed by atoms with Gasteiger partial charge in [-0.3, -0.25) is 9.59 Å². The van der Waals surface area contributed by atoms with Gasteiger partial charge in [0, 0.05) is 10.9 Å². The highest BCUT2D eigenvalue weighted by molar-refractivity contribution is 6.04. The molecule has 160 valence electrons. The number of ketones is 1. The zero-order chi connectivity index (χ0) is 22.5. The Hall–Kier alpha value is -4.06. The van der Waals surface area contributed by atoms with E-state index < -0.39 is 12.6 Å². The van der Waals surface area contributed by atoms with E-state index >= 15 is 0 Å². The molecule has 0 fully saturated rings. The maximum absolute atomic E-state index is 12.9. The molecule has 0 atom stereocenters. The van der Waals surface area contributed by atoms with Crippen LogP contribution in [0.2, 0.25) is 0 Å². The molecule has 6 heteroatoms. The number of esters is 1. The zero-order valence-corrected chi connectivity index (χ0v) is 17.7. The van der Waals surface area contributed by atoms with Gasteiger partial charge in [-0.2, -0.15) is 5.10 Å². The second-order valence-electron chi connectivity index (χ2n) is 7.39. The molecule has 0 N–H and O–H groups in total. The van der Waals surface area contributed by atoms with Crippen molar-refractivity contribution in [3.8, 4) is 0 Å². The molecular weight excluding hydrogens is 404 g/mol. The average Bonchev–Trinajstić information content (AvgIpc) is 2.84. The van der Waals surface area contributed by atoms with Crippen molar-refractivity contribution in [3.63, 3.8) is 0 Å². The fourth-order valence-electron chi connectivity index (χ4n) is 3.46. The van der Waals surface area contributed by atoms with Crippen molar-refractivity contribution in [1.82, 2.24) is 9.78 Å². The standard InChI is InChI=1S/C26H22N2O4/c1-2-18-12-14-20(15-13-18)23(29)17-32-26(31)24-21-10-6-7-11-22(21)25(30)28(27-24)16-19-8-4-3-5-9-19/h3-15H,2,16-17H2,1H3. The number of nitrogens with zero attached hydrogens (tertiary/aromatic N) is 2. The molecule has 0 aliphatic carbocycles. The molecule has 4 aromatic rings. The fourth-order valence-corrected chi connectivity index (χ4v) is 3.46. The summed E-state index contributed by atoms with van der Waals surface area (Å²) in [7, 11) is 0. The van der Waals surface area contributed by atoms with Gasteiger partial charge in [-0.05, 0) is 23.6 Å². The number of benzene rings is 3. The molecule has 0 aliphatic heterocycles. The Labute approximate surface area is 185 Å². The Balaban J connectivity index is 1.60. The third kappa shape index (κ3) is 4.49. The molecule has 0 saturated carbocycles. The summed E-state index contributed by atoms with van der Waals surface area (Å²) < 4.78 is 6.54. The molecule has 0 aliphatic rings. The third-order valence-corrected chi connectivity index (χ3v) is 5.25. The highest BCUT2D eigenvalue weighted by Crippen LogP contribution is 2.15. The summed E-state index contributed by atoms with van der Waals surface area (Å²) in [6, 6.07) is 23.3. The number of aromatic nitrogens is 2. The van der Waals surface area contributed by atoms with Crippen molar-refractivity contribution >= 4 is 22.5 Å². The van der Waals surface area contributed by atoms with Crippen molar-refractivity contribution in [3.05, 3.63) is 112 Å². The minimum atomic E-state index is -0.749. The summed E-state index contributed by atoms with van der Waals surface area (Å²) in [5.41, 5.74) is 2.18. The van der Waals surface area contributed by atoms with Crippen LogP contribution in [0.5, 0.6) is 0 Å². The molecular formula is C26H22N2O4. The van der Waals surface area contributed by atoms with E-state index in [4.69, 9.17) is 4.74 Å². The van der Waals surface area contributed by atoms with Gasteiger partial charge < -0.3 is 4.74 Å². The SMILES string of the molecule is CCc1ccc(C(=O)COC(=O)c2nn(Cc3ccccc3)c(=O)c3ccccc23)cc1.